The van der Waals surface area contributed by atoms with Crippen LogP contribution < -0.4 is 20.5 Å². The molecule has 2 rings (SSSR count). The van der Waals surface area contributed by atoms with Gasteiger partial charge in [-0.25, -0.2) is 4.39 Å². The molecule has 0 spiro atoms. The van der Waals surface area contributed by atoms with E-state index in [0.717, 1.165) is 0 Å². The fourth-order valence-electron chi connectivity index (χ4n) is 1.98. The van der Waals surface area contributed by atoms with E-state index in [0.29, 0.717) is 41.8 Å². The van der Waals surface area contributed by atoms with Gasteiger partial charge in [0.15, 0.2) is 0 Å². The maximum Gasteiger partial charge on any atom is 0.142 e. The summed E-state index contributed by atoms with van der Waals surface area (Å²) in [6.45, 7) is 4.92. The van der Waals surface area contributed by atoms with Crippen LogP contribution >= 0.6 is 0 Å². The number of hydrogen-bond donors (Lipinski definition) is 2. The molecule has 0 amide bonds. The summed E-state index contributed by atoms with van der Waals surface area (Å²) in [4.78, 5) is 0. The van der Waals surface area contributed by atoms with E-state index in [2.05, 4.69) is 5.32 Å². The van der Waals surface area contributed by atoms with Crippen LogP contribution in [-0.4, -0.2) is 13.2 Å². The van der Waals surface area contributed by atoms with Gasteiger partial charge in [-0.05, 0) is 44.2 Å². The molecule has 3 N–H and O–H groups in total. The first kappa shape index (κ1) is 15.0. The summed E-state index contributed by atoms with van der Waals surface area (Å²) in [6.07, 6.45) is 0. The summed E-state index contributed by atoms with van der Waals surface area (Å²) in [5.74, 6) is 0.994. The van der Waals surface area contributed by atoms with Gasteiger partial charge in [-0.15, -0.1) is 0 Å². The topological polar surface area (TPSA) is 56.5 Å². The fourth-order valence-corrected chi connectivity index (χ4v) is 1.98. The van der Waals surface area contributed by atoms with E-state index in [1.807, 2.05) is 32.0 Å². The predicted molar refractivity (Wildman–Crippen MR) is 82.9 cm³/mol. The molecule has 21 heavy (non-hydrogen) atoms. The van der Waals surface area contributed by atoms with Crippen LogP contribution in [0.2, 0.25) is 0 Å². The Morgan fingerprint density at radius 3 is 2.48 bits per heavy atom. The monoisotopic (exact) mass is 290 g/mol. The zero-order valence-electron chi connectivity index (χ0n) is 12.2. The maximum absolute atomic E-state index is 13.4. The van der Waals surface area contributed by atoms with E-state index in [4.69, 9.17) is 15.2 Å². The third kappa shape index (κ3) is 4.02. The van der Waals surface area contributed by atoms with Crippen molar-refractivity contribution in [3.05, 3.63) is 42.2 Å². The summed E-state index contributed by atoms with van der Waals surface area (Å²) in [7, 11) is 0. The summed E-state index contributed by atoms with van der Waals surface area (Å²) in [5.41, 5.74) is 7.27. The Kier molecular flexibility index (Phi) is 4.87. The van der Waals surface area contributed by atoms with Gasteiger partial charge in [-0.2, -0.15) is 0 Å². The SMILES string of the molecule is CCOc1ccc(OCC)c(Nc2cc(N)cc(F)c2)c1. The quantitative estimate of drug-likeness (QED) is 0.791. The second-order valence-electron chi connectivity index (χ2n) is 4.42. The van der Waals surface area contributed by atoms with Gasteiger partial charge in [0.25, 0.3) is 0 Å². The Labute approximate surface area is 123 Å². The van der Waals surface area contributed by atoms with Crippen molar-refractivity contribution in [2.24, 2.45) is 0 Å². The lowest BCUT2D eigenvalue weighted by atomic mass is 10.2. The molecule has 0 saturated carbocycles. The first-order valence-corrected chi connectivity index (χ1v) is 6.85. The molecule has 0 saturated heterocycles. The molecule has 0 aliphatic heterocycles. The summed E-state index contributed by atoms with van der Waals surface area (Å²) < 4.78 is 24.4. The summed E-state index contributed by atoms with van der Waals surface area (Å²) in [6, 6.07) is 9.77. The zero-order valence-corrected chi connectivity index (χ0v) is 12.2. The van der Waals surface area contributed by atoms with Crippen LogP contribution in [-0.2, 0) is 0 Å². The van der Waals surface area contributed by atoms with E-state index in [1.165, 1.54) is 12.1 Å². The van der Waals surface area contributed by atoms with Gasteiger partial charge in [-0.3, -0.25) is 0 Å². The number of ether oxygens (including phenoxy) is 2. The highest BCUT2D eigenvalue weighted by Crippen LogP contribution is 2.32. The van der Waals surface area contributed by atoms with E-state index in [9.17, 15) is 4.39 Å². The van der Waals surface area contributed by atoms with Crippen molar-refractivity contribution < 1.29 is 13.9 Å². The first-order chi connectivity index (χ1) is 10.1. The van der Waals surface area contributed by atoms with Gasteiger partial charge in [0.1, 0.15) is 17.3 Å². The molecule has 0 aliphatic carbocycles. The number of anilines is 3. The molecule has 0 radical (unpaired) electrons. The normalized spacial score (nSPS) is 10.2. The lowest BCUT2D eigenvalue weighted by molar-refractivity contribution is 0.332. The van der Waals surface area contributed by atoms with Crippen LogP contribution in [0.4, 0.5) is 21.5 Å². The molecule has 2 aromatic rings. The highest BCUT2D eigenvalue weighted by molar-refractivity contribution is 5.70. The minimum Gasteiger partial charge on any atom is -0.494 e. The second kappa shape index (κ2) is 6.83. The molecule has 0 aromatic heterocycles. The van der Waals surface area contributed by atoms with Gasteiger partial charge >= 0.3 is 0 Å². The summed E-state index contributed by atoms with van der Waals surface area (Å²) in [5, 5.41) is 3.11. The minimum atomic E-state index is -0.392. The number of halogens is 1. The van der Waals surface area contributed by atoms with Gasteiger partial charge in [-0.1, -0.05) is 0 Å². The number of nitrogens with one attached hydrogen (secondary N) is 1. The van der Waals surface area contributed by atoms with Crippen molar-refractivity contribution in [1.29, 1.82) is 0 Å². The van der Waals surface area contributed by atoms with E-state index >= 15 is 0 Å². The van der Waals surface area contributed by atoms with Crippen LogP contribution in [0.1, 0.15) is 13.8 Å². The second-order valence-corrected chi connectivity index (χ2v) is 4.42. The lowest BCUT2D eigenvalue weighted by Crippen LogP contribution is -2.00. The highest BCUT2D eigenvalue weighted by atomic mass is 19.1. The van der Waals surface area contributed by atoms with Crippen molar-refractivity contribution in [3.8, 4) is 11.5 Å². The number of nitrogen functional groups attached to an aromatic ring is 1. The van der Waals surface area contributed by atoms with Crippen molar-refractivity contribution in [2.75, 3.05) is 24.3 Å². The molecular formula is C16H19FN2O2. The number of nitrogens with two attached hydrogens (primary N) is 1. The first-order valence-electron chi connectivity index (χ1n) is 6.85. The van der Waals surface area contributed by atoms with Crippen LogP contribution in [0.15, 0.2) is 36.4 Å². The van der Waals surface area contributed by atoms with E-state index in [1.54, 1.807) is 6.07 Å². The van der Waals surface area contributed by atoms with Gasteiger partial charge in [0, 0.05) is 17.4 Å². The molecular weight excluding hydrogens is 271 g/mol. The largest absolute Gasteiger partial charge is 0.494 e. The van der Waals surface area contributed by atoms with Crippen LogP contribution in [0.25, 0.3) is 0 Å². The number of hydrogen-bond acceptors (Lipinski definition) is 4. The Balaban J connectivity index is 2.32. The van der Waals surface area contributed by atoms with Crippen molar-refractivity contribution in [3.63, 3.8) is 0 Å². The third-order valence-corrected chi connectivity index (χ3v) is 2.76. The molecule has 2 aromatic carbocycles. The lowest BCUT2D eigenvalue weighted by Gasteiger charge is -2.14. The average Bonchev–Trinajstić information content (AvgIpc) is 2.41. The molecule has 5 heteroatoms. The fraction of sp³-hybridized carbons (Fsp3) is 0.250. The Morgan fingerprint density at radius 1 is 1.05 bits per heavy atom. The number of rotatable bonds is 6. The van der Waals surface area contributed by atoms with E-state index in [-0.39, 0.29) is 0 Å². The van der Waals surface area contributed by atoms with Crippen LogP contribution in [0, 0.1) is 5.82 Å². The van der Waals surface area contributed by atoms with Gasteiger partial charge < -0.3 is 20.5 Å². The molecule has 0 unspecified atom stereocenters. The molecule has 0 bridgehead atoms. The molecule has 112 valence electrons. The molecule has 0 heterocycles. The van der Waals surface area contributed by atoms with Gasteiger partial charge in [0.2, 0.25) is 0 Å². The highest BCUT2D eigenvalue weighted by Gasteiger charge is 2.07. The number of benzene rings is 2. The molecule has 0 atom stereocenters. The third-order valence-electron chi connectivity index (χ3n) is 2.76. The molecule has 0 aliphatic rings. The van der Waals surface area contributed by atoms with Crippen LogP contribution in [0.5, 0.6) is 11.5 Å². The Hall–Kier alpha value is -2.43. The molecule has 4 nitrogen and oxygen atoms in total. The van der Waals surface area contributed by atoms with Gasteiger partial charge in [0.05, 0.1) is 18.9 Å². The Bertz CT molecular complexity index is 597. The van der Waals surface area contributed by atoms with Crippen molar-refractivity contribution in [2.45, 2.75) is 13.8 Å². The van der Waals surface area contributed by atoms with Crippen molar-refractivity contribution >= 4 is 17.1 Å². The van der Waals surface area contributed by atoms with Crippen LogP contribution in [0.3, 0.4) is 0 Å². The molecule has 0 fully saturated rings. The van der Waals surface area contributed by atoms with Crippen molar-refractivity contribution in [1.82, 2.24) is 0 Å². The minimum absolute atomic E-state index is 0.358. The average molecular weight is 290 g/mol. The Morgan fingerprint density at radius 2 is 1.81 bits per heavy atom. The maximum atomic E-state index is 13.4. The van der Waals surface area contributed by atoms with E-state index < -0.39 is 5.82 Å². The summed E-state index contributed by atoms with van der Waals surface area (Å²) >= 11 is 0. The standard InChI is InChI=1S/C16H19FN2O2/c1-3-20-14-5-6-16(21-4-2)15(10-14)19-13-8-11(17)7-12(18)9-13/h5-10,19H,3-4,18H2,1-2H3. The predicted octanol–water partition coefficient (Wildman–Crippen LogP) is 3.95. The smallest absolute Gasteiger partial charge is 0.142 e. The zero-order chi connectivity index (χ0) is 15.2.